The predicted molar refractivity (Wildman–Crippen MR) is 196 cm³/mol. The lowest BCUT2D eigenvalue weighted by molar-refractivity contribution is 1.18. The molecule has 11 aromatic rings. The molecule has 4 heterocycles. The van der Waals surface area contributed by atoms with Crippen LogP contribution < -0.4 is 0 Å². The highest BCUT2D eigenvalue weighted by Crippen LogP contribution is 2.43. The molecule has 0 spiro atoms. The average molecular weight is 599 g/mol. The van der Waals surface area contributed by atoms with Crippen molar-refractivity contribution >= 4 is 82.0 Å². The molecule has 0 atom stereocenters. The number of benzene rings is 7. The normalized spacial score (nSPS) is 12.3. The number of pyridine rings is 1. The fourth-order valence-electron chi connectivity index (χ4n) is 8.04. The van der Waals surface area contributed by atoms with E-state index in [0.29, 0.717) is 0 Å². The van der Waals surface area contributed by atoms with Crippen LogP contribution in [0.2, 0.25) is 0 Å². The summed E-state index contributed by atoms with van der Waals surface area (Å²) in [5.74, 6) is 0. The quantitative estimate of drug-likeness (QED) is 0.182. The maximum atomic E-state index is 5.36. The van der Waals surface area contributed by atoms with Gasteiger partial charge in [-0.1, -0.05) is 97.1 Å². The molecule has 47 heavy (non-hydrogen) atoms. The minimum atomic E-state index is 0.976. The van der Waals surface area contributed by atoms with Crippen LogP contribution in [0.15, 0.2) is 158 Å². The van der Waals surface area contributed by atoms with Crippen LogP contribution in [0.5, 0.6) is 0 Å². The highest BCUT2D eigenvalue weighted by molar-refractivity contribution is 6.27. The van der Waals surface area contributed by atoms with Crippen LogP contribution in [0, 0.1) is 0 Å². The fraction of sp³-hybridized carbons (Fsp3) is 0. The van der Waals surface area contributed by atoms with Gasteiger partial charge in [0.15, 0.2) is 0 Å². The van der Waals surface area contributed by atoms with Gasteiger partial charge in [-0.3, -0.25) is 4.40 Å². The third-order valence-electron chi connectivity index (χ3n) is 9.97. The predicted octanol–water partition coefficient (Wildman–Crippen LogP) is 11.0. The first-order valence-electron chi connectivity index (χ1n) is 16.1. The lowest BCUT2D eigenvalue weighted by Gasteiger charge is -2.15. The first kappa shape index (κ1) is 24.9. The summed E-state index contributed by atoms with van der Waals surface area (Å²) in [6.45, 7) is 0. The van der Waals surface area contributed by atoms with E-state index in [0.717, 1.165) is 33.4 Å². The van der Waals surface area contributed by atoms with Crippen LogP contribution in [-0.4, -0.2) is 18.5 Å². The Morgan fingerprint density at radius 1 is 0.340 bits per heavy atom. The first-order chi connectivity index (χ1) is 23.3. The van der Waals surface area contributed by atoms with Crippen LogP contribution in [0.4, 0.5) is 0 Å². The molecular weight excluding hydrogens is 573 g/mol. The van der Waals surface area contributed by atoms with Gasteiger partial charge in [0.2, 0.25) is 0 Å². The number of rotatable bonds is 2. The zero-order valence-electron chi connectivity index (χ0n) is 25.3. The molecule has 0 unspecified atom stereocenters. The lowest BCUT2D eigenvalue weighted by atomic mass is 10.0. The van der Waals surface area contributed by atoms with E-state index in [1.165, 1.54) is 59.9 Å². The van der Waals surface area contributed by atoms with Crippen molar-refractivity contribution in [2.75, 3.05) is 0 Å². The van der Waals surface area contributed by atoms with Gasteiger partial charge in [0.1, 0.15) is 5.65 Å². The molecule has 0 bridgehead atoms. The molecule has 7 aromatic carbocycles. The number of para-hydroxylation sites is 6. The smallest absolute Gasteiger partial charge is 0.146 e. The maximum Gasteiger partial charge on any atom is 0.146 e. The van der Waals surface area contributed by atoms with E-state index in [4.69, 9.17) is 4.98 Å². The summed E-state index contributed by atoms with van der Waals surface area (Å²) in [5, 5.41) is 8.49. The number of hydrogen-bond acceptors (Lipinski definition) is 1. The molecule has 0 N–H and O–H groups in total. The molecule has 0 saturated heterocycles. The van der Waals surface area contributed by atoms with Crippen molar-refractivity contribution in [1.29, 1.82) is 0 Å². The Morgan fingerprint density at radius 3 is 1.62 bits per heavy atom. The molecule has 4 aromatic heterocycles. The molecule has 0 aliphatic carbocycles. The Morgan fingerprint density at radius 2 is 0.894 bits per heavy atom. The molecule has 0 aliphatic heterocycles. The summed E-state index contributed by atoms with van der Waals surface area (Å²) in [7, 11) is 0. The van der Waals surface area contributed by atoms with E-state index in [1.807, 2.05) is 0 Å². The second kappa shape index (κ2) is 9.09. The Labute approximate surface area is 268 Å². The topological polar surface area (TPSA) is 27.2 Å². The highest BCUT2D eigenvalue weighted by Gasteiger charge is 2.22. The van der Waals surface area contributed by atoms with Crippen LogP contribution in [0.3, 0.4) is 0 Å². The highest BCUT2D eigenvalue weighted by atomic mass is 15.1. The summed E-state index contributed by atoms with van der Waals surface area (Å²) in [5.41, 5.74) is 11.3. The summed E-state index contributed by atoms with van der Waals surface area (Å²) in [4.78, 5) is 5.36. The number of aromatic nitrogens is 4. The Balaban J connectivity index is 1.44. The zero-order valence-corrected chi connectivity index (χ0v) is 25.3. The van der Waals surface area contributed by atoms with Gasteiger partial charge < -0.3 is 9.13 Å². The summed E-state index contributed by atoms with van der Waals surface area (Å²) < 4.78 is 7.25. The molecule has 0 fully saturated rings. The summed E-state index contributed by atoms with van der Waals surface area (Å²) in [6.07, 6.45) is 0. The van der Waals surface area contributed by atoms with E-state index in [2.05, 4.69) is 171 Å². The first-order valence-corrected chi connectivity index (χ1v) is 16.1. The van der Waals surface area contributed by atoms with Crippen LogP contribution in [-0.2, 0) is 0 Å². The van der Waals surface area contributed by atoms with Crippen molar-refractivity contribution in [1.82, 2.24) is 18.5 Å². The Kier molecular flexibility index (Phi) is 4.81. The second-order valence-electron chi connectivity index (χ2n) is 12.4. The number of imidazole rings is 1. The number of hydrogen-bond donors (Lipinski definition) is 0. The summed E-state index contributed by atoms with van der Waals surface area (Å²) in [6, 6.07) is 56.9. The molecule has 0 radical (unpaired) electrons. The van der Waals surface area contributed by atoms with Crippen molar-refractivity contribution in [3.8, 4) is 11.4 Å². The van der Waals surface area contributed by atoms with Gasteiger partial charge >= 0.3 is 0 Å². The molecule has 0 amide bonds. The third kappa shape index (κ3) is 3.23. The Hall–Kier alpha value is -6.39. The van der Waals surface area contributed by atoms with Gasteiger partial charge in [-0.05, 0) is 66.0 Å². The molecule has 0 aliphatic rings. The molecule has 218 valence electrons. The van der Waals surface area contributed by atoms with Gasteiger partial charge in [-0.2, -0.15) is 0 Å². The van der Waals surface area contributed by atoms with Crippen molar-refractivity contribution in [2.45, 2.75) is 0 Å². The van der Waals surface area contributed by atoms with Crippen LogP contribution in [0.1, 0.15) is 0 Å². The molecule has 4 heteroatoms. The van der Waals surface area contributed by atoms with E-state index in [1.54, 1.807) is 0 Å². The van der Waals surface area contributed by atoms with Gasteiger partial charge in [0.25, 0.3) is 0 Å². The van der Waals surface area contributed by atoms with E-state index in [9.17, 15) is 0 Å². The van der Waals surface area contributed by atoms with Crippen LogP contribution >= 0.6 is 0 Å². The maximum absolute atomic E-state index is 5.36. The average Bonchev–Trinajstić information content (AvgIpc) is 3.79. The van der Waals surface area contributed by atoms with Gasteiger partial charge in [-0.25, -0.2) is 4.98 Å². The Bertz CT molecular complexity index is 3050. The fourth-order valence-corrected chi connectivity index (χ4v) is 8.04. The minimum Gasteiger partial charge on any atom is -0.309 e. The SMILES string of the molecule is c1ccc(-n2c3ccccc3c3cc4c(cc32)c2ccc3c5ccccc5n(-c5ccccc5)c3c2n2c3ccccc3nc42)cc1. The van der Waals surface area contributed by atoms with Crippen molar-refractivity contribution in [3.05, 3.63) is 158 Å². The van der Waals surface area contributed by atoms with E-state index in [-0.39, 0.29) is 0 Å². The third-order valence-corrected chi connectivity index (χ3v) is 9.97. The minimum absolute atomic E-state index is 0.976. The van der Waals surface area contributed by atoms with Gasteiger partial charge in [0, 0.05) is 43.7 Å². The van der Waals surface area contributed by atoms with Crippen molar-refractivity contribution in [2.24, 2.45) is 0 Å². The lowest BCUT2D eigenvalue weighted by Crippen LogP contribution is -1.98. The second-order valence-corrected chi connectivity index (χ2v) is 12.4. The standard InChI is InChI=1S/C43H26N4/c1-3-13-27(14-4-1)45-37-20-10-8-18-30(37)34-25-35-33(26-40(34)45)32-24-23-31-29-17-7-11-21-38(29)46(28-15-5-2-6-16-28)41(31)42(32)47-39-22-12-9-19-36(39)44-43(35)47/h1-26H. The molecule has 0 saturated carbocycles. The monoisotopic (exact) mass is 598 g/mol. The van der Waals surface area contributed by atoms with Crippen molar-refractivity contribution < 1.29 is 0 Å². The molecule has 4 nitrogen and oxygen atoms in total. The summed E-state index contributed by atoms with van der Waals surface area (Å²) >= 11 is 0. The largest absolute Gasteiger partial charge is 0.309 e. The zero-order chi connectivity index (χ0) is 30.6. The molecular formula is C43H26N4. The van der Waals surface area contributed by atoms with E-state index < -0.39 is 0 Å². The molecule has 11 rings (SSSR count). The number of nitrogens with zero attached hydrogens (tertiary/aromatic N) is 4. The van der Waals surface area contributed by atoms with Gasteiger partial charge in [0.05, 0.1) is 38.6 Å². The van der Waals surface area contributed by atoms with Crippen LogP contribution in [0.25, 0.3) is 93.3 Å². The van der Waals surface area contributed by atoms with E-state index >= 15 is 0 Å². The van der Waals surface area contributed by atoms with Crippen molar-refractivity contribution in [3.63, 3.8) is 0 Å². The van der Waals surface area contributed by atoms with Gasteiger partial charge in [-0.15, -0.1) is 0 Å². The number of fused-ring (bicyclic) bond motifs is 15.